The molecule has 0 aromatic heterocycles. The van der Waals surface area contributed by atoms with Gasteiger partial charge in [-0.1, -0.05) is 26.7 Å². The van der Waals surface area contributed by atoms with Gasteiger partial charge in [0, 0.05) is 19.0 Å². The van der Waals surface area contributed by atoms with Crippen molar-refractivity contribution in [1.82, 2.24) is 4.90 Å². The van der Waals surface area contributed by atoms with Crippen LogP contribution in [0.15, 0.2) is 0 Å². The minimum Gasteiger partial charge on any atom is -0.340 e. The molecule has 0 radical (unpaired) electrons. The van der Waals surface area contributed by atoms with Crippen molar-refractivity contribution in [3.05, 3.63) is 0 Å². The summed E-state index contributed by atoms with van der Waals surface area (Å²) in [5.41, 5.74) is 0.145. The Hall–Kier alpha value is -0.530. The molecule has 1 amide bonds. The molecule has 0 aromatic carbocycles. The van der Waals surface area contributed by atoms with E-state index in [1.807, 2.05) is 11.9 Å². The normalized spacial score (nSPS) is 20.1. The van der Waals surface area contributed by atoms with E-state index in [-0.39, 0.29) is 5.54 Å². The maximum Gasteiger partial charge on any atom is 0.223 e. The van der Waals surface area contributed by atoms with E-state index in [1.54, 1.807) is 0 Å². The Morgan fingerprint density at radius 2 is 1.86 bits per heavy atom. The average Bonchev–Trinajstić information content (AvgIpc) is 2.51. The third-order valence-corrected chi connectivity index (χ3v) is 3.45. The van der Waals surface area contributed by atoms with E-state index in [4.69, 9.17) is 0 Å². The summed E-state index contributed by atoms with van der Waals surface area (Å²) < 4.78 is 0. The fraction of sp³-hybridized carbons (Fsp3) is 0.917. The van der Waals surface area contributed by atoms with Crippen molar-refractivity contribution in [2.75, 3.05) is 7.05 Å². The fourth-order valence-electron chi connectivity index (χ4n) is 2.26. The van der Waals surface area contributed by atoms with Gasteiger partial charge in [0.2, 0.25) is 5.91 Å². The Morgan fingerprint density at radius 3 is 2.29 bits per heavy atom. The molecule has 1 aliphatic rings. The van der Waals surface area contributed by atoms with E-state index < -0.39 is 0 Å². The van der Waals surface area contributed by atoms with E-state index in [0.717, 1.165) is 0 Å². The lowest BCUT2D eigenvalue weighted by atomic mass is 9.97. The summed E-state index contributed by atoms with van der Waals surface area (Å²) in [5.74, 6) is 0.777. The summed E-state index contributed by atoms with van der Waals surface area (Å²) in [6.07, 6.45) is 5.58. The smallest absolute Gasteiger partial charge is 0.223 e. The number of nitrogens with zero attached hydrogens (tertiary/aromatic N) is 1. The molecule has 0 bridgehead atoms. The van der Waals surface area contributed by atoms with Crippen LogP contribution in [0.4, 0.5) is 0 Å². The molecular formula is C12H23NO. The maximum absolute atomic E-state index is 11.9. The molecule has 2 heteroatoms. The minimum absolute atomic E-state index is 0.145. The van der Waals surface area contributed by atoms with Crippen molar-refractivity contribution in [2.45, 2.75) is 58.4 Å². The second-order valence-corrected chi connectivity index (χ2v) is 5.25. The Labute approximate surface area is 87.7 Å². The SMILES string of the molecule is CC(C)CC(=O)N(C)C1(C)CCCC1. The van der Waals surface area contributed by atoms with Crippen LogP contribution in [0.3, 0.4) is 0 Å². The number of carbonyl (C=O) groups excluding carboxylic acids is 1. The van der Waals surface area contributed by atoms with Gasteiger partial charge in [0.1, 0.15) is 0 Å². The highest BCUT2D eigenvalue weighted by atomic mass is 16.2. The molecule has 14 heavy (non-hydrogen) atoms. The van der Waals surface area contributed by atoms with Gasteiger partial charge in [-0.15, -0.1) is 0 Å². The van der Waals surface area contributed by atoms with E-state index in [2.05, 4.69) is 20.8 Å². The van der Waals surface area contributed by atoms with Gasteiger partial charge in [0.05, 0.1) is 0 Å². The highest BCUT2D eigenvalue weighted by Crippen LogP contribution is 2.34. The zero-order chi connectivity index (χ0) is 10.8. The molecule has 1 aliphatic carbocycles. The van der Waals surface area contributed by atoms with Crippen LogP contribution < -0.4 is 0 Å². The summed E-state index contributed by atoms with van der Waals surface area (Å²) in [6.45, 7) is 6.42. The Kier molecular flexibility index (Phi) is 3.57. The van der Waals surface area contributed by atoms with Crippen LogP contribution in [0.5, 0.6) is 0 Å². The standard InChI is InChI=1S/C12H23NO/c1-10(2)9-11(14)13(4)12(3)7-5-6-8-12/h10H,5-9H2,1-4H3. The first-order chi connectivity index (χ1) is 6.46. The molecule has 2 nitrogen and oxygen atoms in total. The minimum atomic E-state index is 0.145. The number of hydrogen-bond donors (Lipinski definition) is 0. The number of amides is 1. The van der Waals surface area contributed by atoms with Gasteiger partial charge >= 0.3 is 0 Å². The Bertz CT molecular complexity index is 204. The van der Waals surface area contributed by atoms with E-state index >= 15 is 0 Å². The molecule has 0 atom stereocenters. The second-order valence-electron chi connectivity index (χ2n) is 5.25. The molecule has 0 spiro atoms. The first-order valence-electron chi connectivity index (χ1n) is 5.72. The number of rotatable bonds is 3. The lowest BCUT2D eigenvalue weighted by molar-refractivity contribution is -0.135. The highest BCUT2D eigenvalue weighted by Gasteiger charge is 2.35. The van der Waals surface area contributed by atoms with Crippen LogP contribution in [-0.2, 0) is 4.79 Å². The Morgan fingerprint density at radius 1 is 1.36 bits per heavy atom. The monoisotopic (exact) mass is 197 g/mol. The zero-order valence-corrected chi connectivity index (χ0v) is 9.97. The summed E-state index contributed by atoms with van der Waals surface area (Å²) in [5, 5.41) is 0. The molecule has 82 valence electrons. The molecule has 0 aliphatic heterocycles. The summed E-state index contributed by atoms with van der Waals surface area (Å²) in [7, 11) is 1.97. The quantitative estimate of drug-likeness (QED) is 0.681. The third kappa shape index (κ3) is 2.49. The van der Waals surface area contributed by atoms with Crippen molar-refractivity contribution in [3.63, 3.8) is 0 Å². The molecule has 0 saturated heterocycles. The average molecular weight is 197 g/mol. The molecule has 0 N–H and O–H groups in total. The topological polar surface area (TPSA) is 20.3 Å². The van der Waals surface area contributed by atoms with Crippen molar-refractivity contribution >= 4 is 5.91 Å². The van der Waals surface area contributed by atoms with Crippen LogP contribution in [0.1, 0.15) is 52.9 Å². The second kappa shape index (κ2) is 4.33. The first kappa shape index (κ1) is 11.5. The molecule has 0 aromatic rings. The summed E-state index contributed by atoms with van der Waals surface area (Å²) >= 11 is 0. The largest absolute Gasteiger partial charge is 0.340 e. The fourth-order valence-corrected chi connectivity index (χ4v) is 2.26. The summed E-state index contributed by atoms with van der Waals surface area (Å²) in [6, 6.07) is 0. The summed E-state index contributed by atoms with van der Waals surface area (Å²) in [4.78, 5) is 13.9. The van der Waals surface area contributed by atoms with Gasteiger partial charge < -0.3 is 4.90 Å². The van der Waals surface area contributed by atoms with Crippen molar-refractivity contribution in [2.24, 2.45) is 5.92 Å². The molecule has 0 unspecified atom stereocenters. The number of hydrogen-bond acceptors (Lipinski definition) is 1. The first-order valence-corrected chi connectivity index (χ1v) is 5.72. The van der Waals surface area contributed by atoms with Crippen molar-refractivity contribution < 1.29 is 4.79 Å². The van der Waals surface area contributed by atoms with Gasteiger partial charge in [0.25, 0.3) is 0 Å². The van der Waals surface area contributed by atoms with Gasteiger partial charge in [-0.05, 0) is 25.7 Å². The van der Waals surface area contributed by atoms with E-state index in [1.165, 1.54) is 25.7 Å². The predicted octanol–water partition coefficient (Wildman–Crippen LogP) is 2.82. The van der Waals surface area contributed by atoms with Gasteiger partial charge in [-0.3, -0.25) is 4.79 Å². The molecule has 1 saturated carbocycles. The molecular weight excluding hydrogens is 174 g/mol. The van der Waals surface area contributed by atoms with Crippen molar-refractivity contribution in [1.29, 1.82) is 0 Å². The van der Waals surface area contributed by atoms with Crippen molar-refractivity contribution in [3.8, 4) is 0 Å². The van der Waals surface area contributed by atoms with Crippen LogP contribution in [0.25, 0.3) is 0 Å². The third-order valence-electron chi connectivity index (χ3n) is 3.45. The Balaban J connectivity index is 2.54. The van der Waals surface area contributed by atoms with Crippen LogP contribution >= 0.6 is 0 Å². The zero-order valence-electron chi connectivity index (χ0n) is 9.97. The predicted molar refractivity (Wildman–Crippen MR) is 59.1 cm³/mol. The van der Waals surface area contributed by atoms with Gasteiger partial charge in [-0.2, -0.15) is 0 Å². The lowest BCUT2D eigenvalue weighted by Gasteiger charge is -2.36. The van der Waals surface area contributed by atoms with Gasteiger partial charge in [-0.25, -0.2) is 0 Å². The number of carbonyl (C=O) groups is 1. The maximum atomic E-state index is 11.9. The molecule has 0 heterocycles. The van der Waals surface area contributed by atoms with Crippen LogP contribution in [0, 0.1) is 5.92 Å². The molecule has 1 fully saturated rings. The van der Waals surface area contributed by atoms with E-state index in [0.29, 0.717) is 18.2 Å². The lowest BCUT2D eigenvalue weighted by Crippen LogP contribution is -2.45. The van der Waals surface area contributed by atoms with Crippen LogP contribution in [-0.4, -0.2) is 23.4 Å². The van der Waals surface area contributed by atoms with E-state index in [9.17, 15) is 4.79 Å². The molecule has 1 rings (SSSR count). The highest BCUT2D eigenvalue weighted by molar-refractivity contribution is 5.76. The van der Waals surface area contributed by atoms with Crippen LogP contribution in [0.2, 0.25) is 0 Å². The van der Waals surface area contributed by atoms with Gasteiger partial charge in [0.15, 0.2) is 0 Å².